The molecule has 6 heterocycles. The second kappa shape index (κ2) is 12.4. The normalized spacial score (nSPS) is 16.4. The first-order valence-electron chi connectivity index (χ1n) is 23.9. The smallest absolute Gasteiger partial charge is 0.375 e. The lowest BCUT2D eigenvalue weighted by Crippen LogP contribution is -2.60. The van der Waals surface area contributed by atoms with Gasteiger partial charge in [0.1, 0.15) is 22.4 Å². The molecule has 14 rings (SSSR count). The van der Waals surface area contributed by atoms with Gasteiger partial charge in [0.25, 0.3) is 0 Å². The Kier molecular flexibility index (Phi) is 7.32. The highest BCUT2D eigenvalue weighted by molar-refractivity contribution is 7.25. The van der Waals surface area contributed by atoms with Crippen molar-refractivity contribution in [3.63, 3.8) is 0 Å². The van der Waals surface area contributed by atoms with Crippen LogP contribution in [0, 0.1) is 0 Å². The second-order valence-corrected chi connectivity index (χ2v) is 24.3. The van der Waals surface area contributed by atoms with Crippen molar-refractivity contribution in [3.05, 3.63) is 138 Å². The van der Waals surface area contributed by atoms with Gasteiger partial charge in [0.05, 0.1) is 16.7 Å². The standard InChI is InChI=1S/C60H53BN2O2S/c1-57(2,3)32-15-18-34(19-16-32)63-47-31-50-40(41-27-44-45(30-49(41)64-50)60(9,10)24-23-59(44,7)8)26-38(47)36-20-21-37-39-29-52-42(35-13-11-12-14-51(35)66-52)28-46(39)62-54(37)53(36)61(63)56-55(62)43-25-33(58(4,5)6)17-22-48(43)65-56/h11-22,25-31H,23-24H2,1-10H3. The molecule has 11 aromatic rings. The SMILES string of the molecule is CC(C)(C)c1ccc(N2B3c4oc5ccc(C(C)(C)C)cc5c4-n4c5cc6c(cc5c5ccc(c3c54)-c3cc4c(cc32)oc2cc3c(cc24)C(C)(C)CCC3(C)C)sc2ccccc26)cc1. The number of rotatable bonds is 1. The van der Waals surface area contributed by atoms with Crippen molar-refractivity contribution in [1.82, 2.24) is 4.57 Å². The van der Waals surface area contributed by atoms with Gasteiger partial charge in [-0.2, -0.15) is 0 Å². The predicted molar refractivity (Wildman–Crippen MR) is 282 cm³/mol. The predicted octanol–water partition coefficient (Wildman–Crippen LogP) is 16.0. The lowest BCUT2D eigenvalue weighted by Gasteiger charge is -2.41. The number of benzene rings is 7. The Morgan fingerprint density at radius 2 is 1.24 bits per heavy atom. The van der Waals surface area contributed by atoms with Gasteiger partial charge in [-0.15, -0.1) is 11.3 Å². The first-order valence-corrected chi connectivity index (χ1v) is 24.7. The molecule has 1 aliphatic carbocycles. The zero-order chi connectivity index (χ0) is 45.1. The van der Waals surface area contributed by atoms with Crippen LogP contribution < -0.4 is 15.9 Å². The van der Waals surface area contributed by atoms with Crippen LogP contribution in [0.3, 0.4) is 0 Å². The number of nitrogens with zero attached hydrogens (tertiary/aromatic N) is 2. The highest BCUT2D eigenvalue weighted by Gasteiger charge is 2.48. The summed E-state index contributed by atoms with van der Waals surface area (Å²) in [7, 11) is 0. The van der Waals surface area contributed by atoms with E-state index in [1.165, 1.54) is 98.0 Å². The van der Waals surface area contributed by atoms with Crippen LogP contribution in [0.25, 0.3) is 91.7 Å². The monoisotopic (exact) mass is 876 g/mol. The zero-order valence-electron chi connectivity index (χ0n) is 39.6. The molecule has 0 fully saturated rings. The number of anilines is 2. The van der Waals surface area contributed by atoms with E-state index in [1.54, 1.807) is 0 Å². The quantitative estimate of drug-likeness (QED) is 0.154. The summed E-state index contributed by atoms with van der Waals surface area (Å²) in [6, 6.07) is 44.5. The van der Waals surface area contributed by atoms with Crippen LogP contribution in [-0.2, 0) is 21.7 Å². The summed E-state index contributed by atoms with van der Waals surface area (Å²) in [5.74, 6) is 0. The number of thiophene rings is 1. The van der Waals surface area contributed by atoms with E-state index in [0.29, 0.717) is 0 Å². The fourth-order valence-electron chi connectivity index (χ4n) is 12.3. The molecule has 324 valence electrons. The van der Waals surface area contributed by atoms with Gasteiger partial charge >= 0.3 is 6.85 Å². The van der Waals surface area contributed by atoms with E-state index >= 15 is 0 Å². The van der Waals surface area contributed by atoms with Crippen LogP contribution >= 0.6 is 11.3 Å². The van der Waals surface area contributed by atoms with Gasteiger partial charge in [-0.25, -0.2) is 0 Å². The van der Waals surface area contributed by atoms with Crippen molar-refractivity contribution in [2.45, 2.75) is 104 Å². The number of hydrogen-bond donors (Lipinski definition) is 0. The highest BCUT2D eigenvalue weighted by atomic mass is 32.1. The zero-order valence-corrected chi connectivity index (χ0v) is 40.4. The van der Waals surface area contributed by atoms with Crippen LogP contribution in [0.1, 0.15) is 104 Å². The Labute approximate surface area is 389 Å². The summed E-state index contributed by atoms with van der Waals surface area (Å²) >= 11 is 1.89. The summed E-state index contributed by atoms with van der Waals surface area (Å²) in [6.07, 6.45) is 2.33. The van der Waals surface area contributed by atoms with Crippen LogP contribution in [0.2, 0.25) is 0 Å². The largest absolute Gasteiger partial charge is 0.466 e. The fourth-order valence-corrected chi connectivity index (χ4v) is 13.4. The topological polar surface area (TPSA) is 34.5 Å². The number of fused-ring (bicyclic) bond motifs is 17. The molecule has 66 heavy (non-hydrogen) atoms. The fraction of sp³-hybridized carbons (Fsp3) is 0.267. The molecule has 4 nitrogen and oxygen atoms in total. The third kappa shape index (κ3) is 5.06. The molecule has 4 aromatic heterocycles. The Balaban J connectivity index is 1.14. The number of furan rings is 2. The van der Waals surface area contributed by atoms with Crippen LogP contribution in [0.15, 0.2) is 124 Å². The Hall–Kier alpha value is -6.24. The second-order valence-electron chi connectivity index (χ2n) is 23.2. The average molecular weight is 877 g/mol. The van der Waals surface area contributed by atoms with Gasteiger partial charge in [-0.05, 0) is 128 Å². The van der Waals surface area contributed by atoms with Gasteiger partial charge in [0.2, 0.25) is 0 Å². The van der Waals surface area contributed by atoms with Crippen molar-refractivity contribution in [1.29, 1.82) is 0 Å². The first kappa shape index (κ1) is 39.0. The minimum Gasteiger partial charge on any atom is -0.466 e. The molecular weight excluding hydrogens is 824 g/mol. The van der Waals surface area contributed by atoms with E-state index in [4.69, 9.17) is 8.83 Å². The molecule has 0 N–H and O–H groups in total. The minimum absolute atomic E-state index is 0.0152. The summed E-state index contributed by atoms with van der Waals surface area (Å²) in [5.41, 5.74) is 19.0. The summed E-state index contributed by atoms with van der Waals surface area (Å²) in [6.45, 7) is 23.2. The van der Waals surface area contributed by atoms with Crippen LogP contribution in [-0.4, -0.2) is 11.4 Å². The molecule has 7 aromatic carbocycles. The summed E-state index contributed by atoms with van der Waals surface area (Å²) in [4.78, 5) is 2.58. The molecule has 0 radical (unpaired) electrons. The molecule has 0 amide bonds. The van der Waals surface area contributed by atoms with Crippen molar-refractivity contribution in [2.75, 3.05) is 4.81 Å². The van der Waals surface area contributed by atoms with E-state index in [-0.39, 0.29) is 28.5 Å². The van der Waals surface area contributed by atoms with Crippen molar-refractivity contribution < 1.29 is 8.83 Å². The molecule has 0 atom stereocenters. The lowest BCUT2D eigenvalue weighted by atomic mass is 9.46. The maximum Gasteiger partial charge on any atom is 0.375 e. The van der Waals surface area contributed by atoms with E-state index in [9.17, 15) is 0 Å². The molecule has 0 unspecified atom stereocenters. The molecule has 0 saturated carbocycles. The van der Waals surface area contributed by atoms with Gasteiger partial charge < -0.3 is 18.2 Å². The minimum atomic E-state index is -0.244. The van der Waals surface area contributed by atoms with Gasteiger partial charge in [-0.3, -0.25) is 0 Å². The third-order valence-electron chi connectivity index (χ3n) is 16.1. The summed E-state index contributed by atoms with van der Waals surface area (Å²) in [5, 5.41) is 8.68. The van der Waals surface area contributed by atoms with Gasteiger partial charge in [-0.1, -0.05) is 118 Å². The number of hydrogen-bond acceptors (Lipinski definition) is 4. The van der Waals surface area contributed by atoms with E-state index in [0.717, 1.165) is 51.3 Å². The molecule has 0 bridgehead atoms. The van der Waals surface area contributed by atoms with Crippen molar-refractivity contribution in [3.8, 4) is 16.8 Å². The van der Waals surface area contributed by atoms with Crippen molar-refractivity contribution in [2.24, 2.45) is 0 Å². The molecule has 2 aliphatic heterocycles. The lowest BCUT2D eigenvalue weighted by molar-refractivity contribution is 0.332. The first-order chi connectivity index (χ1) is 31.4. The van der Waals surface area contributed by atoms with E-state index < -0.39 is 0 Å². The molecule has 3 aliphatic rings. The van der Waals surface area contributed by atoms with E-state index in [2.05, 4.69) is 194 Å². The van der Waals surface area contributed by atoms with E-state index in [1.807, 2.05) is 11.3 Å². The molecular formula is C60H53BN2O2S. The van der Waals surface area contributed by atoms with Crippen LogP contribution in [0.4, 0.5) is 11.4 Å². The Morgan fingerprint density at radius 3 is 2.00 bits per heavy atom. The van der Waals surface area contributed by atoms with Crippen molar-refractivity contribution >= 4 is 116 Å². The maximum atomic E-state index is 7.39. The van der Waals surface area contributed by atoms with Gasteiger partial charge in [0.15, 0.2) is 0 Å². The molecule has 0 saturated heterocycles. The maximum absolute atomic E-state index is 7.39. The Bertz CT molecular complexity index is 3970. The van der Waals surface area contributed by atoms with Gasteiger partial charge in [0, 0.05) is 70.1 Å². The van der Waals surface area contributed by atoms with Crippen LogP contribution in [0.5, 0.6) is 0 Å². The third-order valence-corrected chi connectivity index (χ3v) is 17.3. The summed E-state index contributed by atoms with van der Waals surface area (Å²) < 4.78 is 19.7. The Morgan fingerprint density at radius 1 is 0.545 bits per heavy atom. The highest BCUT2D eigenvalue weighted by Crippen LogP contribution is 2.52. The number of aromatic nitrogens is 1. The molecule has 0 spiro atoms. The molecule has 6 heteroatoms. The average Bonchev–Trinajstić information content (AvgIpc) is 4.03.